The number of ether oxygens (including phenoxy) is 3. The molecule has 2 N–H and O–H groups in total. The van der Waals surface area contributed by atoms with E-state index in [2.05, 4.69) is 25.5 Å². The number of para-hydroxylation sites is 1. The molecule has 1 aromatic heterocycles. The standard InChI is InChI=1S/C41H49FN6O5/c1-6-48(7-2)37(49)20-16-30-15-18-35(51-5)36(25-30)53-40-32(39(50)45-38-28(3)13-11-14-29(38)4)27-43-41(46-40)44-31-17-19-34(33(42)26-31)52-24-12-23-47-21-9-8-10-22-47/h11,13-20,25-27H,6-10,12,21-24H2,1-5H3,(H,45,50)(H,43,44,46)/b20-16+. The van der Waals surface area contributed by atoms with Crippen LogP contribution in [0.4, 0.5) is 21.7 Å². The van der Waals surface area contributed by atoms with E-state index in [1.165, 1.54) is 44.7 Å². The Morgan fingerprint density at radius 1 is 0.962 bits per heavy atom. The number of benzene rings is 3. The summed E-state index contributed by atoms with van der Waals surface area (Å²) in [6.07, 6.45) is 9.09. The van der Waals surface area contributed by atoms with Crippen molar-refractivity contribution in [2.75, 3.05) is 57.1 Å². The summed E-state index contributed by atoms with van der Waals surface area (Å²) in [6.45, 7) is 12.4. The fraction of sp³-hybridized carbons (Fsp3) is 0.366. The maximum Gasteiger partial charge on any atom is 0.262 e. The van der Waals surface area contributed by atoms with Gasteiger partial charge in [-0.2, -0.15) is 4.98 Å². The molecule has 0 saturated carbocycles. The van der Waals surface area contributed by atoms with E-state index in [0.717, 1.165) is 37.2 Å². The van der Waals surface area contributed by atoms with Gasteiger partial charge >= 0.3 is 0 Å². The molecule has 1 fully saturated rings. The molecule has 0 atom stereocenters. The van der Waals surface area contributed by atoms with Crippen molar-refractivity contribution in [3.63, 3.8) is 0 Å². The van der Waals surface area contributed by atoms with Gasteiger partial charge in [-0.25, -0.2) is 9.37 Å². The molecule has 53 heavy (non-hydrogen) atoms. The number of nitrogens with one attached hydrogen (secondary N) is 2. The first-order valence-corrected chi connectivity index (χ1v) is 18.2. The molecular weight excluding hydrogens is 675 g/mol. The molecule has 0 radical (unpaired) electrons. The van der Waals surface area contributed by atoms with Crippen molar-refractivity contribution < 1.29 is 28.2 Å². The van der Waals surface area contributed by atoms with Gasteiger partial charge in [-0.1, -0.05) is 30.7 Å². The Morgan fingerprint density at radius 2 is 1.70 bits per heavy atom. The number of likely N-dealkylation sites (tertiary alicyclic amines) is 1. The fourth-order valence-electron chi connectivity index (χ4n) is 6.12. The van der Waals surface area contributed by atoms with Crippen molar-refractivity contribution in [1.82, 2.24) is 19.8 Å². The number of amides is 2. The molecule has 3 aromatic carbocycles. The van der Waals surface area contributed by atoms with E-state index in [0.29, 0.717) is 42.4 Å². The Morgan fingerprint density at radius 3 is 2.40 bits per heavy atom. The highest BCUT2D eigenvalue weighted by Gasteiger charge is 2.21. The number of carbonyl (C=O) groups excluding carboxylic acids is 2. The number of carbonyl (C=O) groups is 2. The SMILES string of the molecule is CCN(CC)C(=O)/C=C/c1ccc(OC)c(Oc2nc(Nc3ccc(OCCCN4CCCCC4)c(F)c3)ncc2C(=O)Nc2c(C)cccc2C)c1. The summed E-state index contributed by atoms with van der Waals surface area (Å²) in [5, 5.41) is 5.98. The van der Waals surface area contributed by atoms with Crippen LogP contribution in [0.3, 0.4) is 0 Å². The summed E-state index contributed by atoms with van der Waals surface area (Å²) >= 11 is 0. The van der Waals surface area contributed by atoms with Crippen LogP contribution in [0.15, 0.2) is 66.9 Å². The van der Waals surface area contributed by atoms with Crippen LogP contribution in [-0.4, -0.2) is 78.0 Å². The van der Waals surface area contributed by atoms with Gasteiger partial charge in [0.15, 0.2) is 23.1 Å². The van der Waals surface area contributed by atoms with Crippen LogP contribution in [0.2, 0.25) is 0 Å². The lowest BCUT2D eigenvalue weighted by Gasteiger charge is -2.26. The second-order valence-corrected chi connectivity index (χ2v) is 12.9. The third-order valence-corrected chi connectivity index (χ3v) is 9.12. The average Bonchev–Trinajstić information content (AvgIpc) is 3.16. The number of halogens is 1. The summed E-state index contributed by atoms with van der Waals surface area (Å²) in [4.78, 5) is 39.4. The molecule has 5 rings (SSSR count). The second-order valence-electron chi connectivity index (χ2n) is 12.9. The predicted molar refractivity (Wildman–Crippen MR) is 206 cm³/mol. The Balaban J connectivity index is 1.38. The van der Waals surface area contributed by atoms with Gasteiger partial charge < -0.3 is 34.6 Å². The summed E-state index contributed by atoms with van der Waals surface area (Å²) < 4.78 is 32.8. The zero-order chi connectivity index (χ0) is 37.7. The normalized spacial score (nSPS) is 13.1. The van der Waals surface area contributed by atoms with Crippen LogP contribution in [0.25, 0.3) is 6.08 Å². The van der Waals surface area contributed by atoms with E-state index < -0.39 is 11.7 Å². The van der Waals surface area contributed by atoms with Crippen LogP contribution in [0.1, 0.15) is 66.6 Å². The van der Waals surface area contributed by atoms with Gasteiger partial charge in [-0.05, 0) is 107 Å². The number of hydrogen-bond donors (Lipinski definition) is 2. The Labute approximate surface area is 311 Å². The number of nitrogens with zero attached hydrogens (tertiary/aromatic N) is 4. The molecule has 0 bridgehead atoms. The van der Waals surface area contributed by atoms with Crippen LogP contribution in [-0.2, 0) is 4.79 Å². The second kappa shape index (κ2) is 18.8. The zero-order valence-corrected chi connectivity index (χ0v) is 31.2. The first-order chi connectivity index (χ1) is 25.7. The van der Waals surface area contributed by atoms with Crippen LogP contribution < -0.4 is 24.8 Å². The summed E-state index contributed by atoms with van der Waals surface area (Å²) in [5.41, 5.74) is 3.53. The van der Waals surface area contributed by atoms with Crippen LogP contribution >= 0.6 is 0 Å². The largest absolute Gasteiger partial charge is 0.493 e. The maximum absolute atomic E-state index is 15.1. The van der Waals surface area contributed by atoms with Crippen molar-refractivity contribution in [3.8, 4) is 23.1 Å². The number of methoxy groups -OCH3 is 1. The van der Waals surface area contributed by atoms with Crippen molar-refractivity contribution in [3.05, 3.63) is 94.9 Å². The molecule has 12 heteroatoms. The highest BCUT2D eigenvalue weighted by Crippen LogP contribution is 2.35. The average molecular weight is 725 g/mol. The van der Waals surface area contributed by atoms with Gasteiger partial charge in [0, 0.05) is 49.3 Å². The lowest BCUT2D eigenvalue weighted by Crippen LogP contribution is -2.31. The number of likely N-dealkylation sites (N-methyl/N-ethyl adjacent to an activating group) is 1. The lowest BCUT2D eigenvalue weighted by atomic mass is 10.1. The molecule has 1 saturated heterocycles. The first kappa shape index (κ1) is 38.7. The van der Waals surface area contributed by atoms with Crippen molar-refractivity contribution in [2.45, 2.75) is 53.4 Å². The van der Waals surface area contributed by atoms with Gasteiger partial charge in [-0.3, -0.25) is 9.59 Å². The minimum absolute atomic E-state index is 0.0531. The molecule has 11 nitrogen and oxygen atoms in total. The molecular formula is C41H49FN6O5. The van der Waals surface area contributed by atoms with Crippen LogP contribution in [0.5, 0.6) is 23.1 Å². The van der Waals surface area contributed by atoms with Gasteiger partial charge in [0.25, 0.3) is 5.91 Å². The van der Waals surface area contributed by atoms with E-state index in [1.807, 2.05) is 45.9 Å². The van der Waals surface area contributed by atoms with E-state index in [9.17, 15) is 9.59 Å². The minimum atomic E-state index is -0.525. The molecule has 1 aliphatic heterocycles. The van der Waals surface area contributed by atoms with Gasteiger partial charge in [-0.15, -0.1) is 0 Å². The van der Waals surface area contributed by atoms with Gasteiger partial charge in [0.2, 0.25) is 17.7 Å². The molecule has 1 aliphatic rings. The van der Waals surface area contributed by atoms with E-state index >= 15 is 4.39 Å². The summed E-state index contributed by atoms with van der Waals surface area (Å²) in [6, 6.07) is 15.5. The monoisotopic (exact) mass is 724 g/mol. The lowest BCUT2D eigenvalue weighted by molar-refractivity contribution is -0.125. The number of anilines is 3. The minimum Gasteiger partial charge on any atom is -0.493 e. The highest BCUT2D eigenvalue weighted by molar-refractivity contribution is 6.06. The zero-order valence-electron chi connectivity index (χ0n) is 31.2. The predicted octanol–water partition coefficient (Wildman–Crippen LogP) is 8.17. The molecule has 2 heterocycles. The first-order valence-electron chi connectivity index (χ1n) is 18.2. The fourth-order valence-corrected chi connectivity index (χ4v) is 6.12. The Kier molecular flexibility index (Phi) is 13.8. The molecule has 2 amide bonds. The highest BCUT2D eigenvalue weighted by atomic mass is 19.1. The smallest absolute Gasteiger partial charge is 0.262 e. The molecule has 0 spiro atoms. The van der Waals surface area contributed by atoms with E-state index in [1.54, 1.807) is 41.3 Å². The Bertz CT molecular complexity index is 1890. The quantitative estimate of drug-likeness (QED) is 0.0872. The molecule has 0 unspecified atom stereocenters. The molecule has 280 valence electrons. The number of rotatable bonds is 16. The number of hydrogen-bond acceptors (Lipinski definition) is 9. The topological polar surface area (TPSA) is 118 Å². The van der Waals surface area contributed by atoms with Crippen molar-refractivity contribution in [2.24, 2.45) is 0 Å². The van der Waals surface area contributed by atoms with Crippen LogP contribution in [0, 0.1) is 19.7 Å². The molecule has 4 aromatic rings. The third-order valence-electron chi connectivity index (χ3n) is 9.12. The maximum atomic E-state index is 15.1. The van der Waals surface area contributed by atoms with E-state index in [4.69, 9.17) is 14.2 Å². The third kappa shape index (κ3) is 10.5. The molecule has 0 aliphatic carbocycles. The van der Waals surface area contributed by atoms with Gasteiger partial charge in [0.1, 0.15) is 5.56 Å². The van der Waals surface area contributed by atoms with Crippen molar-refractivity contribution in [1.29, 1.82) is 0 Å². The van der Waals surface area contributed by atoms with Gasteiger partial charge in [0.05, 0.1) is 13.7 Å². The number of aromatic nitrogens is 2. The summed E-state index contributed by atoms with van der Waals surface area (Å²) in [5.74, 6) is -0.341. The summed E-state index contributed by atoms with van der Waals surface area (Å²) in [7, 11) is 1.50. The number of piperidine rings is 1. The Hall–Kier alpha value is -5.49. The van der Waals surface area contributed by atoms with Crippen molar-refractivity contribution >= 4 is 35.2 Å². The van der Waals surface area contributed by atoms with E-state index in [-0.39, 0.29) is 34.8 Å². The number of aryl methyl sites for hydroxylation is 2.